The van der Waals surface area contributed by atoms with Gasteiger partial charge >= 0.3 is 0 Å². The fourth-order valence-electron chi connectivity index (χ4n) is 3.92. The molecule has 3 aromatic rings. The van der Waals surface area contributed by atoms with Crippen LogP contribution >= 0.6 is 0 Å². The first kappa shape index (κ1) is 16.8. The molecule has 2 aromatic carbocycles. The van der Waals surface area contributed by atoms with E-state index in [1.54, 1.807) is 0 Å². The highest BCUT2D eigenvalue weighted by Gasteiger charge is 2.32. The maximum Gasteiger partial charge on any atom is 0.229 e. The van der Waals surface area contributed by atoms with Gasteiger partial charge in [0, 0.05) is 12.2 Å². The molecule has 1 aliphatic carbocycles. The zero-order chi connectivity index (χ0) is 17.9. The summed E-state index contributed by atoms with van der Waals surface area (Å²) < 4.78 is 0. The van der Waals surface area contributed by atoms with Crippen LogP contribution in [0.2, 0.25) is 0 Å². The van der Waals surface area contributed by atoms with Crippen LogP contribution in [0.1, 0.15) is 36.3 Å². The first-order chi connectivity index (χ1) is 12.7. The molecule has 134 valence electrons. The van der Waals surface area contributed by atoms with Gasteiger partial charge in [0.2, 0.25) is 5.91 Å². The SMILES string of the molecule is O=C(Cc1cccc2ccccc12)Nc1[nH]ncc1C1CC(CCO)C1. The molecule has 3 N–H and O–H groups in total. The number of H-pyrrole nitrogens is 1. The largest absolute Gasteiger partial charge is 0.396 e. The molecule has 5 heteroatoms. The van der Waals surface area contributed by atoms with Crippen molar-refractivity contribution in [3.8, 4) is 0 Å². The number of rotatable bonds is 6. The second-order valence-corrected chi connectivity index (χ2v) is 7.11. The van der Waals surface area contributed by atoms with Gasteiger partial charge in [-0.15, -0.1) is 0 Å². The predicted molar refractivity (Wildman–Crippen MR) is 102 cm³/mol. The lowest BCUT2D eigenvalue weighted by Gasteiger charge is -2.35. The summed E-state index contributed by atoms with van der Waals surface area (Å²) in [7, 11) is 0. The lowest BCUT2D eigenvalue weighted by Crippen LogP contribution is -2.24. The minimum Gasteiger partial charge on any atom is -0.396 e. The number of hydrogen-bond acceptors (Lipinski definition) is 3. The highest BCUT2D eigenvalue weighted by Crippen LogP contribution is 2.44. The highest BCUT2D eigenvalue weighted by atomic mass is 16.3. The van der Waals surface area contributed by atoms with Crippen LogP contribution in [0.4, 0.5) is 5.82 Å². The van der Waals surface area contributed by atoms with Crippen LogP contribution in [0.25, 0.3) is 10.8 Å². The molecule has 5 nitrogen and oxygen atoms in total. The van der Waals surface area contributed by atoms with Crippen molar-refractivity contribution in [3.05, 3.63) is 59.8 Å². The van der Waals surface area contributed by atoms with Gasteiger partial charge in [-0.25, -0.2) is 0 Å². The number of aromatic amines is 1. The summed E-state index contributed by atoms with van der Waals surface area (Å²) in [5.74, 6) is 1.66. The maximum atomic E-state index is 12.6. The van der Waals surface area contributed by atoms with E-state index >= 15 is 0 Å². The molecule has 1 fully saturated rings. The Kier molecular flexibility index (Phi) is 4.71. The standard InChI is InChI=1S/C21H23N3O2/c25-9-8-14-10-17(11-14)19-13-22-24-21(19)23-20(26)12-16-6-3-5-15-4-1-2-7-18(15)16/h1-7,13-14,17,25H,8-12H2,(H2,22,23,24,26). The molecule has 1 saturated carbocycles. The number of anilines is 1. The lowest BCUT2D eigenvalue weighted by molar-refractivity contribution is -0.115. The van der Waals surface area contributed by atoms with E-state index in [-0.39, 0.29) is 12.5 Å². The fourth-order valence-corrected chi connectivity index (χ4v) is 3.92. The van der Waals surface area contributed by atoms with Gasteiger partial charge in [-0.05, 0) is 47.4 Å². The molecule has 0 radical (unpaired) electrons. The number of hydrogen-bond donors (Lipinski definition) is 3. The van der Waals surface area contributed by atoms with Crippen LogP contribution in [0.5, 0.6) is 0 Å². The van der Waals surface area contributed by atoms with E-state index in [1.807, 2.05) is 30.5 Å². The number of aliphatic hydroxyl groups excluding tert-OH is 1. The normalized spacial score (nSPS) is 19.3. The monoisotopic (exact) mass is 349 g/mol. The van der Waals surface area contributed by atoms with E-state index in [4.69, 9.17) is 5.11 Å². The number of nitrogens with zero attached hydrogens (tertiary/aromatic N) is 1. The topological polar surface area (TPSA) is 78.0 Å². The molecule has 0 atom stereocenters. The third kappa shape index (κ3) is 3.35. The van der Waals surface area contributed by atoms with Crippen LogP contribution < -0.4 is 5.32 Å². The van der Waals surface area contributed by atoms with Gasteiger partial charge in [-0.1, -0.05) is 42.5 Å². The summed E-state index contributed by atoms with van der Waals surface area (Å²) in [6.07, 6.45) is 5.10. The number of nitrogens with one attached hydrogen (secondary N) is 2. The van der Waals surface area contributed by atoms with E-state index in [0.717, 1.165) is 41.2 Å². The lowest BCUT2D eigenvalue weighted by atomic mass is 9.70. The van der Waals surface area contributed by atoms with Crippen LogP contribution in [-0.2, 0) is 11.2 Å². The van der Waals surface area contributed by atoms with Crippen LogP contribution in [-0.4, -0.2) is 27.8 Å². The van der Waals surface area contributed by atoms with Crippen molar-refractivity contribution in [1.82, 2.24) is 10.2 Å². The number of fused-ring (bicyclic) bond motifs is 1. The molecule has 1 aliphatic rings. The Bertz CT molecular complexity index is 907. The Morgan fingerprint density at radius 2 is 2.00 bits per heavy atom. The van der Waals surface area contributed by atoms with Crippen molar-refractivity contribution in [2.75, 3.05) is 11.9 Å². The molecule has 0 aliphatic heterocycles. The van der Waals surface area contributed by atoms with Gasteiger partial charge in [0.05, 0.1) is 12.6 Å². The fraction of sp³-hybridized carbons (Fsp3) is 0.333. The van der Waals surface area contributed by atoms with E-state index in [9.17, 15) is 4.79 Å². The molecule has 0 spiro atoms. The minimum atomic E-state index is -0.0434. The summed E-state index contributed by atoms with van der Waals surface area (Å²) in [6.45, 7) is 0.247. The average Bonchev–Trinajstić information content (AvgIpc) is 3.05. The Balaban J connectivity index is 1.44. The zero-order valence-corrected chi connectivity index (χ0v) is 14.6. The van der Waals surface area contributed by atoms with Gasteiger partial charge < -0.3 is 10.4 Å². The predicted octanol–water partition coefficient (Wildman–Crippen LogP) is 3.62. The smallest absolute Gasteiger partial charge is 0.229 e. The first-order valence-corrected chi connectivity index (χ1v) is 9.15. The molecule has 4 rings (SSSR count). The molecular weight excluding hydrogens is 326 g/mol. The molecule has 1 amide bonds. The van der Waals surface area contributed by atoms with Gasteiger partial charge in [-0.3, -0.25) is 9.89 Å². The molecule has 26 heavy (non-hydrogen) atoms. The summed E-state index contributed by atoms with van der Waals surface area (Å²) in [6, 6.07) is 14.2. The van der Waals surface area contributed by atoms with Crippen molar-refractivity contribution >= 4 is 22.5 Å². The van der Waals surface area contributed by atoms with Crippen molar-refractivity contribution in [2.45, 2.75) is 31.6 Å². The second kappa shape index (κ2) is 7.30. The molecular formula is C21H23N3O2. The molecule has 0 bridgehead atoms. The summed E-state index contributed by atoms with van der Waals surface area (Å²) in [5.41, 5.74) is 2.10. The summed E-state index contributed by atoms with van der Waals surface area (Å²) in [5, 5.41) is 21.3. The second-order valence-electron chi connectivity index (χ2n) is 7.11. The number of carbonyl (C=O) groups excluding carboxylic acids is 1. The zero-order valence-electron chi connectivity index (χ0n) is 14.6. The third-order valence-electron chi connectivity index (χ3n) is 5.38. The number of benzene rings is 2. The van der Waals surface area contributed by atoms with E-state index in [0.29, 0.717) is 24.1 Å². The quantitative estimate of drug-likeness (QED) is 0.636. The van der Waals surface area contributed by atoms with E-state index < -0.39 is 0 Å². The molecule has 0 unspecified atom stereocenters. The van der Waals surface area contributed by atoms with Crippen molar-refractivity contribution < 1.29 is 9.90 Å². The average molecular weight is 349 g/mol. The minimum absolute atomic E-state index is 0.0434. The Labute approximate surface area is 152 Å². The Hall–Kier alpha value is -2.66. The molecule has 1 aromatic heterocycles. The number of aromatic nitrogens is 2. The van der Waals surface area contributed by atoms with Gasteiger partial charge in [0.15, 0.2) is 0 Å². The Morgan fingerprint density at radius 1 is 1.19 bits per heavy atom. The highest BCUT2D eigenvalue weighted by molar-refractivity contribution is 5.96. The maximum absolute atomic E-state index is 12.6. The number of aliphatic hydroxyl groups is 1. The number of amides is 1. The summed E-state index contributed by atoms with van der Waals surface area (Å²) >= 11 is 0. The van der Waals surface area contributed by atoms with E-state index in [1.165, 1.54) is 0 Å². The molecule has 0 saturated heterocycles. The van der Waals surface area contributed by atoms with Crippen LogP contribution in [0.15, 0.2) is 48.7 Å². The van der Waals surface area contributed by atoms with E-state index in [2.05, 4.69) is 33.7 Å². The molecule has 1 heterocycles. The van der Waals surface area contributed by atoms with Crippen LogP contribution in [0, 0.1) is 5.92 Å². The van der Waals surface area contributed by atoms with Gasteiger partial charge in [0.25, 0.3) is 0 Å². The van der Waals surface area contributed by atoms with Crippen molar-refractivity contribution in [2.24, 2.45) is 5.92 Å². The Morgan fingerprint density at radius 3 is 2.85 bits per heavy atom. The van der Waals surface area contributed by atoms with Gasteiger partial charge in [0.1, 0.15) is 5.82 Å². The first-order valence-electron chi connectivity index (χ1n) is 9.15. The third-order valence-corrected chi connectivity index (χ3v) is 5.38. The summed E-state index contributed by atoms with van der Waals surface area (Å²) in [4.78, 5) is 12.6. The number of carbonyl (C=O) groups is 1. The van der Waals surface area contributed by atoms with Crippen molar-refractivity contribution in [3.63, 3.8) is 0 Å². The van der Waals surface area contributed by atoms with Crippen LogP contribution in [0.3, 0.4) is 0 Å². The van der Waals surface area contributed by atoms with Crippen molar-refractivity contribution in [1.29, 1.82) is 0 Å². The van der Waals surface area contributed by atoms with Gasteiger partial charge in [-0.2, -0.15) is 5.10 Å².